The number of amides is 1. The number of nitrogens with zero attached hydrogens (tertiary/aromatic N) is 4. The van der Waals surface area contributed by atoms with Crippen LogP contribution in [0.3, 0.4) is 0 Å². The third-order valence-electron chi connectivity index (χ3n) is 6.00. The summed E-state index contributed by atoms with van der Waals surface area (Å²) in [5.74, 6) is 0.218. The predicted octanol–water partition coefficient (Wildman–Crippen LogP) is 6.42. The van der Waals surface area contributed by atoms with Crippen molar-refractivity contribution in [3.63, 3.8) is 0 Å². The van der Waals surface area contributed by atoms with E-state index in [4.69, 9.17) is 0 Å². The summed E-state index contributed by atoms with van der Waals surface area (Å²) in [7, 11) is 0. The van der Waals surface area contributed by atoms with Crippen LogP contribution in [-0.4, -0.2) is 36.0 Å². The molecule has 0 bridgehead atoms. The van der Waals surface area contributed by atoms with Gasteiger partial charge in [-0.15, -0.1) is 11.3 Å². The second-order valence-corrected chi connectivity index (χ2v) is 10.3. The number of aromatic amines is 2. The second-order valence-electron chi connectivity index (χ2n) is 9.23. The minimum absolute atomic E-state index is 0.0487. The quantitative estimate of drug-likeness (QED) is 0.239. The van der Waals surface area contributed by atoms with Gasteiger partial charge in [-0.25, -0.2) is 0 Å². The van der Waals surface area contributed by atoms with Crippen molar-refractivity contribution >= 4 is 44.7 Å². The van der Waals surface area contributed by atoms with Crippen LogP contribution in [0.5, 0.6) is 0 Å². The molecule has 0 saturated carbocycles. The molecule has 10 heteroatoms. The Morgan fingerprint density at radius 3 is 2.70 bits per heavy atom. The average Bonchev–Trinajstić information content (AvgIpc) is 3.60. The molecule has 0 unspecified atom stereocenters. The van der Waals surface area contributed by atoms with Crippen LogP contribution in [0.4, 0.5) is 10.1 Å². The Morgan fingerprint density at radius 1 is 1.03 bits per heavy atom. The number of carbonyl (C=O) groups is 1. The summed E-state index contributed by atoms with van der Waals surface area (Å²) < 4.78 is 13.7. The van der Waals surface area contributed by atoms with Crippen molar-refractivity contribution < 1.29 is 9.18 Å². The molecule has 0 spiro atoms. The molecule has 0 atom stereocenters. The third kappa shape index (κ3) is 4.47. The molecule has 6 heterocycles. The van der Waals surface area contributed by atoms with Crippen LogP contribution >= 0.6 is 11.3 Å². The third-order valence-corrected chi connectivity index (χ3v) is 6.91. The van der Waals surface area contributed by atoms with Gasteiger partial charge in [-0.1, -0.05) is 13.8 Å². The summed E-state index contributed by atoms with van der Waals surface area (Å²) in [4.78, 5) is 29.6. The first-order valence-electron chi connectivity index (χ1n) is 11.8. The fraction of sp³-hybridized carbons (Fsp3) is 0.148. The minimum Gasteiger partial charge on any atom is -0.352 e. The number of rotatable bonds is 6. The lowest BCUT2D eigenvalue weighted by molar-refractivity contribution is -0.116. The number of carbonyl (C=O) groups excluding carboxylic acids is 1. The topological polar surface area (TPSA) is 112 Å². The van der Waals surface area contributed by atoms with Gasteiger partial charge in [-0.2, -0.15) is 9.49 Å². The number of nitrogens with one attached hydrogen (secondary N) is 3. The van der Waals surface area contributed by atoms with Gasteiger partial charge in [-0.05, 0) is 36.2 Å². The Balaban J connectivity index is 1.38. The van der Waals surface area contributed by atoms with Crippen molar-refractivity contribution in [2.75, 3.05) is 5.32 Å². The zero-order valence-corrected chi connectivity index (χ0v) is 20.9. The fourth-order valence-electron chi connectivity index (χ4n) is 4.35. The summed E-state index contributed by atoms with van der Waals surface area (Å²) in [5.41, 5.74) is 6.11. The van der Waals surface area contributed by atoms with Gasteiger partial charge in [0.25, 0.3) is 0 Å². The SMILES string of the molecule is CC(C)CC(=O)Nc1cncc(-c2cc3c(-c4cc5c(-c6ccc(F)s6)cncc5[nH]4)n[nH]c3cn2)c1. The van der Waals surface area contributed by atoms with E-state index in [0.29, 0.717) is 17.8 Å². The first-order valence-corrected chi connectivity index (χ1v) is 12.6. The Kier molecular flexibility index (Phi) is 5.72. The molecule has 0 fully saturated rings. The monoisotopic (exact) mass is 511 g/mol. The van der Waals surface area contributed by atoms with E-state index in [1.54, 1.807) is 37.1 Å². The van der Waals surface area contributed by atoms with Gasteiger partial charge in [0, 0.05) is 45.6 Å². The maximum absolute atomic E-state index is 13.7. The summed E-state index contributed by atoms with van der Waals surface area (Å²) in [6, 6.07) is 9.04. The van der Waals surface area contributed by atoms with Crippen molar-refractivity contribution in [1.82, 2.24) is 30.1 Å². The van der Waals surface area contributed by atoms with Crippen molar-refractivity contribution in [3.05, 3.63) is 66.4 Å². The van der Waals surface area contributed by atoms with E-state index in [1.165, 1.54) is 6.07 Å². The summed E-state index contributed by atoms with van der Waals surface area (Å²) in [6.45, 7) is 4.00. The molecule has 3 N–H and O–H groups in total. The van der Waals surface area contributed by atoms with E-state index in [9.17, 15) is 9.18 Å². The molecule has 37 heavy (non-hydrogen) atoms. The van der Waals surface area contributed by atoms with Gasteiger partial charge in [0.15, 0.2) is 5.13 Å². The number of aromatic nitrogens is 6. The van der Waals surface area contributed by atoms with Crippen LogP contribution in [0.15, 0.2) is 61.3 Å². The van der Waals surface area contributed by atoms with Crippen LogP contribution in [0.1, 0.15) is 20.3 Å². The Bertz CT molecular complexity index is 1770. The molecule has 0 aliphatic carbocycles. The number of halogens is 1. The maximum Gasteiger partial charge on any atom is 0.224 e. The molecule has 6 aromatic rings. The van der Waals surface area contributed by atoms with Crippen LogP contribution in [-0.2, 0) is 4.79 Å². The number of hydrogen-bond donors (Lipinski definition) is 3. The number of anilines is 1. The van der Waals surface area contributed by atoms with Gasteiger partial charge in [-0.3, -0.25) is 24.8 Å². The summed E-state index contributed by atoms with van der Waals surface area (Å²) >= 11 is 1.09. The lowest BCUT2D eigenvalue weighted by Crippen LogP contribution is -2.13. The van der Waals surface area contributed by atoms with Crippen LogP contribution < -0.4 is 5.32 Å². The molecule has 0 saturated heterocycles. The van der Waals surface area contributed by atoms with Crippen LogP contribution in [0.25, 0.3) is 54.9 Å². The van der Waals surface area contributed by atoms with Gasteiger partial charge >= 0.3 is 0 Å². The van der Waals surface area contributed by atoms with Crippen molar-refractivity contribution in [3.8, 4) is 33.1 Å². The highest BCUT2D eigenvalue weighted by atomic mass is 32.1. The number of fused-ring (bicyclic) bond motifs is 2. The predicted molar refractivity (Wildman–Crippen MR) is 144 cm³/mol. The molecule has 6 aromatic heterocycles. The molecule has 8 nitrogen and oxygen atoms in total. The molecule has 0 aliphatic rings. The lowest BCUT2D eigenvalue weighted by Gasteiger charge is -2.08. The molecule has 1 amide bonds. The van der Waals surface area contributed by atoms with Gasteiger partial charge < -0.3 is 10.3 Å². The first-order chi connectivity index (χ1) is 17.9. The Labute approximate surface area is 215 Å². The number of H-pyrrole nitrogens is 2. The normalized spacial score (nSPS) is 11.6. The number of thiophene rings is 1. The van der Waals surface area contributed by atoms with Gasteiger partial charge in [0.05, 0.1) is 46.7 Å². The highest BCUT2D eigenvalue weighted by Crippen LogP contribution is 2.36. The Hall–Kier alpha value is -4.44. The average molecular weight is 512 g/mol. The van der Waals surface area contributed by atoms with E-state index in [0.717, 1.165) is 60.5 Å². The summed E-state index contributed by atoms with van der Waals surface area (Å²) in [5, 5.41) is 12.1. The van der Waals surface area contributed by atoms with Crippen LogP contribution in [0, 0.1) is 11.0 Å². The molecule has 0 aliphatic heterocycles. The number of pyridine rings is 3. The van der Waals surface area contributed by atoms with Gasteiger partial charge in [0.2, 0.25) is 5.91 Å². The molecule has 6 rings (SSSR count). The lowest BCUT2D eigenvalue weighted by atomic mass is 10.1. The molecule has 184 valence electrons. The van der Waals surface area contributed by atoms with Crippen molar-refractivity contribution in [2.45, 2.75) is 20.3 Å². The highest BCUT2D eigenvalue weighted by Gasteiger charge is 2.16. The zero-order valence-electron chi connectivity index (χ0n) is 20.0. The van der Waals surface area contributed by atoms with Crippen molar-refractivity contribution in [1.29, 1.82) is 0 Å². The largest absolute Gasteiger partial charge is 0.352 e. The second kappa shape index (κ2) is 9.21. The smallest absolute Gasteiger partial charge is 0.224 e. The molecular weight excluding hydrogens is 489 g/mol. The maximum atomic E-state index is 13.7. The summed E-state index contributed by atoms with van der Waals surface area (Å²) in [6.07, 6.45) is 9.01. The van der Waals surface area contributed by atoms with E-state index >= 15 is 0 Å². The first kappa shape index (κ1) is 23.0. The van der Waals surface area contributed by atoms with E-state index in [2.05, 4.69) is 35.5 Å². The highest BCUT2D eigenvalue weighted by molar-refractivity contribution is 7.14. The Morgan fingerprint density at radius 2 is 1.89 bits per heavy atom. The standard InChI is InChI=1S/C27H22FN7OS/c1-14(2)5-26(36)32-16-6-15(9-29-10-16)20-8-18-23(13-31-20)34-35-27(18)21-7-17-19(11-30-12-22(17)33-21)24-3-4-25(28)37-24/h3-4,6-14,33H,5H2,1-2H3,(H,32,36)(H,34,35). The minimum atomic E-state index is -0.237. The van der Waals surface area contributed by atoms with E-state index in [1.807, 2.05) is 32.0 Å². The zero-order chi connectivity index (χ0) is 25.5. The fourth-order valence-corrected chi connectivity index (χ4v) is 5.10. The van der Waals surface area contributed by atoms with Crippen LogP contribution in [0.2, 0.25) is 0 Å². The molecule has 0 radical (unpaired) electrons. The van der Waals surface area contributed by atoms with Crippen molar-refractivity contribution in [2.24, 2.45) is 5.92 Å². The molecular formula is C27H22FN7OS. The molecule has 0 aromatic carbocycles. The van der Waals surface area contributed by atoms with E-state index < -0.39 is 0 Å². The van der Waals surface area contributed by atoms with E-state index in [-0.39, 0.29) is 17.0 Å². The van der Waals surface area contributed by atoms with Gasteiger partial charge in [0.1, 0.15) is 5.69 Å². The number of hydrogen-bond acceptors (Lipinski definition) is 6.